The molecule has 0 aliphatic carbocycles. The summed E-state index contributed by atoms with van der Waals surface area (Å²) in [5.74, 6) is -0.706. The second kappa shape index (κ2) is 15.2. The number of nitro groups is 1. The number of nitrogens with one attached hydrogen (secondary N) is 3. The lowest BCUT2D eigenvalue weighted by Crippen LogP contribution is -2.50. The van der Waals surface area contributed by atoms with Crippen LogP contribution in [0.15, 0.2) is 65.8 Å². The summed E-state index contributed by atoms with van der Waals surface area (Å²) in [5, 5.41) is 20.0. The largest absolute Gasteiger partial charge is 0.445 e. The number of hydrazone groups is 1. The SMILES string of the molecule is C[C@H](NC(=O)[C@H](CCCCN/C(N)=N/[N+](=O)[O-])NC(=O)OCc1ccccc1)C(Cl)c1ccccc1. The lowest BCUT2D eigenvalue weighted by Gasteiger charge is -2.24. The number of carbonyl (C=O) groups excluding carboxylic acids is 2. The van der Waals surface area contributed by atoms with E-state index in [1.165, 1.54) is 0 Å². The Morgan fingerprint density at radius 1 is 1.08 bits per heavy atom. The molecule has 0 saturated carbocycles. The summed E-state index contributed by atoms with van der Waals surface area (Å²) in [7, 11) is 0. The predicted octanol–water partition coefficient (Wildman–Crippen LogP) is 3.03. The van der Waals surface area contributed by atoms with Crippen molar-refractivity contribution in [1.29, 1.82) is 0 Å². The molecule has 0 aromatic heterocycles. The number of alkyl carbamates (subject to hydrolysis) is 1. The number of benzene rings is 2. The minimum atomic E-state index is -0.894. The van der Waals surface area contributed by atoms with Gasteiger partial charge in [-0.15, -0.1) is 11.6 Å². The number of halogens is 1. The summed E-state index contributed by atoms with van der Waals surface area (Å²) in [6, 6.07) is 17.2. The maximum absolute atomic E-state index is 13.0. The lowest BCUT2D eigenvalue weighted by atomic mass is 10.0. The third-order valence-electron chi connectivity index (χ3n) is 5.16. The average Bonchev–Trinajstić information content (AvgIpc) is 2.86. The number of guanidine groups is 1. The van der Waals surface area contributed by atoms with Crippen LogP contribution in [0, 0.1) is 10.1 Å². The van der Waals surface area contributed by atoms with Gasteiger partial charge in [-0.05, 0) is 37.3 Å². The number of ether oxygens (including phenoxy) is 1. The molecule has 36 heavy (non-hydrogen) atoms. The number of rotatable bonds is 13. The number of amides is 2. The Morgan fingerprint density at radius 3 is 2.36 bits per heavy atom. The monoisotopic (exact) mass is 518 g/mol. The van der Waals surface area contributed by atoms with Crippen LogP contribution < -0.4 is 21.7 Å². The molecule has 2 aromatic rings. The molecular formula is C24H31ClN6O5. The number of hydrogen-bond acceptors (Lipinski definition) is 5. The summed E-state index contributed by atoms with van der Waals surface area (Å²) in [5.41, 5.74) is 7.07. The Morgan fingerprint density at radius 2 is 1.72 bits per heavy atom. The molecule has 0 aliphatic rings. The zero-order valence-corrected chi connectivity index (χ0v) is 20.7. The van der Waals surface area contributed by atoms with Gasteiger partial charge >= 0.3 is 6.09 Å². The maximum Gasteiger partial charge on any atom is 0.408 e. The second-order valence-corrected chi connectivity index (χ2v) is 8.48. The first-order chi connectivity index (χ1) is 17.3. The number of carbonyl (C=O) groups is 2. The first-order valence-electron chi connectivity index (χ1n) is 11.4. The lowest BCUT2D eigenvalue weighted by molar-refractivity contribution is -0.485. The summed E-state index contributed by atoms with van der Waals surface area (Å²) in [4.78, 5) is 35.8. The number of hydrogen-bond donors (Lipinski definition) is 4. The van der Waals surface area contributed by atoms with Crippen molar-refractivity contribution >= 4 is 29.6 Å². The van der Waals surface area contributed by atoms with Gasteiger partial charge in [0.05, 0.1) is 5.38 Å². The Labute approximate surface area is 214 Å². The van der Waals surface area contributed by atoms with Gasteiger partial charge in [-0.1, -0.05) is 60.7 Å². The van der Waals surface area contributed by atoms with E-state index in [1.807, 2.05) is 60.7 Å². The van der Waals surface area contributed by atoms with Crippen LogP contribution in [0.4, 0.5) is 4.79 Å². The molecule has 0 heterocycles. The summed E-state index contributed by atoms with van der Waals surface area (Å²) < 4.78 is 5.26. The predicted molar refractivity (Wildman–Crippen MR) is 137 cm³/mol. The molecule has 194 valence electrons. The van der Waals surface area contributed by atoms with Gasteiger partial charge in [-0.2, -0.15) is 0 Å². The molecule has 0 saturated heterocycles. The highest BCUT2D eigenvalue weighted by Crippen LogP contribution is 2.24. The van der Waals surface area contributed by atoms with Gasteiger partial charge in [0.2, 0.25) is 5.91 Å². The molecule has 3 atom stereocenters. The normalized spacial score (nSPS) is 13.7. The minimum absolute atomic E-state index is 0.0636. The van der Waals surface area contributed by atoms with Crippen LogP contribution in [0.25, 0.3) is 0 Å². The zero-order valence-electron chi connectivity index (χ0n) is 19.9. The zero-order chi connectivity index (χ0) is 26.3. The minimum Gasteiger partial charge on any atom is -0.445 e. The van der Waals surface area contributed by atoms with Crippen LogP contribution in [0.5, 0.6) is 0 Å². The molecule has 5 N–H and O–H groups in total. The van der Waals surface area contributed by atoms with Crippen LogP contribution >= 0.6 is 11.6 Å². The summed E-state index contributed by atoms with van der Waals surface area (Å²) in [6.07, 6.45) is 0.604. The summed E-state index contributed by atoms with van der Waals surface area (Å²) in [6.45, 7) is 2.16. The van der Waals surface area contributed by atoms with Crippen LogP contribution in [0.2, 0.25) is 0 Å². The molecule has 11 nitrogen and oxygen atoms in total. The maximum atomic E-state index is 13.0. The van der Waals surface area contributed by atoms with E-state index >= 15 is 0 Å². The van der Waals surface area contributed by atoms with Crippen molar-refractivity contribution < 1.29 is 19.4 Å². The van der Waals surface area contributed by atoms with Gasteiger partial charge in [0.15, 0.2) is 5.03 Å². The standard InChI is InChI=1S/C24H31ClN6O5/c1-17(21(25)19-12-6-3-7-13-19)28-22(32)20(14-8-9-15-27-23(26)30-31(34)35)29-24(33)36-16-18-10-4-2-5-11-18/h2-7,10-13,17,20-21H,8-9,14-16H2,1H3,(H,28,32)(H,29,33)(H3,26,27,30)/t17-,20-,21?/m0/s1. The van der Waals surface area contributed by atoms with E-state index in [0.717, 1.165) is 11.1 Å². The number of nitrogens with two attached hydrogens (primary N) is 1. The molecule has 1 unspecified atom stereocenters. The highest BCUT2D eigenvalue weighted by molar-refractivity contribution is 6.21. The fourth-order valence-corrected chi connectivity index (χ4v) is 3.52. The van der Waals surface area contributed by atoms with E-state index in [-0.39, 0.29) is 12.6 Å². The first kappa shape index (κ1) is 28.4. The fraction of sp³-hybridized carbons (Fsp3) is 0.375. The third kappa shape index (κ3) is 10.6. The Hall–Kier alpha value is -3.86. The van der Waals surface area contributed by atoms with Gasteiger partial charge in [-0.25, -0.2) is 14.9 Å². The van der Waals surface area contributed by atoms with Crippen molar-refractivity contribution in [2.45, 2.75) is 50.3 Å². The second-order valence-electron chi connectivity index (χ2n) is 8.01. The molecule has 0 radical (unpaired) electrons. The van der Waals surface area contributed by atoms with E-state index in [0.29, 0.717) is 25.8 Å². The van der Waals surface area contributed by atoms with Crippen molar-refractivity contribution in [2.24, 2.45) is 10.8 Å². The molecule has 0 bridgehead atoms. The number of alkyl halides is 1. The average molecular weight is 519 g/mol. The van der Waals surface area contributed by atoms with Crippen molar-refractivity contribution in [3.63, 3.8) is 0 Å². The van der Waals surface area contributed by atoms with Gasteiger partial charge in [0.25, 0.3) is 5.96 Å². The number of nitrogens with zero attached hydrogens (tertiary/aromatic N) is 2. The van der Waals surface area contributed by atoms with Crippen LogP contribution in [0.1, 0.15) is 42.7 Å². The molecule has 0 aliphatic heterocycles. The fourth-order valence-electron chi connectivity index (χ4n) is 3.31. The molecule has 2 aromatic carbocycles. The molecule has 0 fully saturated rings. The highest BCUT2D eigenvalue weighted by atomic mass is 35.5. The van der Waals surface area contributed by atoms with Crippen LogP contribution in [0.3, 0.4) is 0 Å². The van der Waals surface area contributed by atoms with Crippen molar-refractivity contribution in [3.05, 3.63) is 81.9 Å². The molecule has 2 rings (SSSR count). The highest BCUT2D eigenvalue weighted by Gasteiger charge is 2.25. The Kier molecular flexibility index (Phi) is 12.0. The van der Waals surface area contributed by atoms with Gasteiger partial charge < -0.3 is 26.4 Å². The molecular weight excluding hydrogens is 488 g/mol. The smallest absolute Gasteiger partial charge is 0.408 e. The van der Waals surface area contributed by atoms with Crippen LogP contribution in [-0.2, 0) is 16.1 Å². The molecule has 2 amide bonds. The van der Waals surface area contributed by atoms with Crippen molar-refractivity contribution in [2.75, 3.05) is 6.54 Å². The van der Waals surface area contributed by atoms with E-state index in [4.69, 9.17) is 22.1 Å². The third-order valence-corrected chi connectivity index (χ3v) is 5.79. The molecule has 12 heteroatoms. The van der Waals surface area contributed by atoms with E-state index in [9.17, 15) is 19.7 Å². The first-order valence-corrected chi connectivity index (χ1v) is 11.9. The number of unbranched alkanes of at least 4 members (excludes halogenated alkanes) is 1. The quantitative estimate of drug-likeness (QED) is 0.0791. The van der Waals surface area contributed by atoms with Gasteiger partial charge in [0, 0.05) is 12.6 Å². The summed E-state index contributed by atoms with van der Waals surface area (Å²) >= 11 is 6.53. The Balaban J connectivity index is 1.93. The Bertz CT molecular complexity index is 1010. The van der Waals surface area contributed by atoms with Gasteiger partial charge in [0.1, 0.15) is 17.8 Å². The van der Waals surface area contributed by atoms with E-state index in [1.54, 1.807) is 6.92 Å². The van der Waals surface area contributed by atoms with E-state index < -0.39 is 34.5 Å². The topological polar surface area (TPSA) is 161 Å². The van der Waals surface area contributed by atoms with Crippen molar-refractivity contribution in [3.8, 4) is 0 Å². The van der Waals surface area contributed by atoms with Crippen molar-refractivity contribution in [1.82, 2.24) is 16.0 Å². The molecule has 0 spiro atoms. The van der Waals surface area contributed by atoms with Gasteiger partial charge in [-0.3, -0.25) is 4.79 Å². The van der Waals surface area contributed by atoms with Crippen LogP contribution in [-0.4, -0.2) is 41.6 Å². The van der Waals surface area contributed by atoms with E-state index in [2.05, 4.69) is 21.1 Å².